The molecule has 0 unspecified atom stereocenters. The Morgan fingerprint density at radius 3 is 1.91 bits per heavy atom. The summed E-state index contributed by atoms with van der Waals surface area (Å²) in [5.74, 6) is 0. The van der Waals surface area contributed by atoms with E-state index in [2.05, 4.69) is 36.6 Å². The summed E-state index contributed by atoms with van der Waals surface area (Å²) in [6.07, 6.45) is 5.18. The van der Waals surface area contributed by atoms with Crippen molar-refractivity contribution >= 4 is 0 Å². The molecule has 0 bridgehead atoms. The van der Waals surface area contributed by atoms with Crippen LogP contribution in [0.2, 0.25) is 0 Å². The van der Waals surface area contributed by atoms with Crippen LogP contribution in [0.4, 0.5) is 0 Å². The molecule has 0 aromatic heterocycles. The summed E-state index contributed by atoms with van der Waals surface area (Å²) < 4.78 is 0. The highest BCUT2D eigenvalue weighted by Gasteiger charge is 2.07. The summed E-state index contributed by atoms with van der Waals surface area (Å²) >= 11 is 0. The zero-order valence-corrected chi connectivity index (χ0v) is 15.7. The summed E-state index contributed by atoms with van der Waals surface area (Å²) in [6.45, 7) is 18.5. The number of rotatable bonds is 11. The van der Waals surface area contributed by atoms with Crippen molar-refractivity contribution in [2.75, 3.05) is 45.9 Å². The fourth-order valence-electron chi connectivity index (χ4n) is 2.02. The van der Waals surface area contributed by atoms with E-state index >= 15 is 0 Å². The Balaban J connectivity index is 0. The maximum Gasteiger partial charge on any atom is 0.0558 e. The molecule has 4 heteroatoms. The maximum absolute atomic E-state index is 9.01. The summed E-state index contributed by atoms with van der Waals surface area (Å²) in [4.78, 5) is 4.72. The third kappa shape index (κ3) is 12.9. The molecule has 0 aromatic rings. The van der Waals surface area contributed by atoms with E-state index < -0.39 is 0 Å². The van der Waals surface area contributed by atoms with Crippen LogP contribution >= 0.6 is 0 Å². The molecule has 0 spiro atoms. The number of hydrogen-bond acceptors (Lipinski definition) is 4. The van der Waals surface area contributed by atoms with E-state index in [1.807, 2.05) is 26.8 Å². The third-order valence-corrected chi connectivity index (χ3v) is 3.51. The fourth-order valence-corrected chi connectivity index (χ4v) is 2.02. The van der Waals surface area contributed by atoms with Gasteiger partial charge in [-0.3, -0.25) is 4.90 Å². The highest BCUT2D eigenvalue weighted by atomic mass is 16.3. The van der Waals surface area contributed by atoms with E-state index in [0.717, 1.165) is 51.4 Å². The van der Waals surface area contributed by atoms with Gasteiger partial charge >= 0.3 is 0 Å². The van der Waals surface area contributed by atoms with Crippen LogP contribution < -0.4 is 5.73 Å². The standard InChI is InChI=1S/C16H33N3O.C2H6/c1-5-16(9-8-15(4)17)14-19(7-3)11-10-18(6-2)12-13-20;1-2/h8-9,20H,5-7,10-14,17H2,1-4H3;1-2H3/b15-8-,16-9+;. The number of aliphatic hydroxyl groups is 1. The lowest BCUT2D eigenvalue weighted by atomic mass is 10.1. The first-order chi connectivity index (χ1) is 10.6. The first-order valence-corrected chi connectivity index (χ1v) is 8.74. The predicted octanol–water partition coefficient (Wildman–Crippen LogP) is 2.85. The first-order valence-electron chi connectivity index (χ1n) is 8.74. The van der Waals surface area contributed by atoms with Gasteiger partial charge in [-0.2, -0.15) is 0 Å². The number of aliphatic hydroxyl groups excluding tert-OH is 1. The molecule has 0 aliphatic rings. The van der Waals surface area contributed by atoms with Crippen LogP contribution in [0, 0.1) is 0 Å². The zero-order valence-electron chi connectivity index (χ0n) is 15.7. The molecule has 0 saturated heterocycles. The highest BCUT2D eigenvalue weighted by molar-refractivity contribution is 5.16. The Labute approximate surface area is 138 Å². The van der Waals surface area contributed by atoms with E-state index in [4.69, 9.17) is 10.8 Å². The smallest absolute Gasteiger partial charge is 0.0558 e. The SMILES string of the molecule is CC.CC/C(=C\C=C(\C)N)CN(CC)CCN(CC)CCO. The topological polar surface area (TPSA) is 52.7 Å². The minimum Gasteiger partial charge on any atom is -0.402 e. The molecule has 0 atom stereocenters. The molecule has 0 aliphatic heterocycles. The summed E-state index contributed by atoms with van der Waals surface area (Å²) in [5, 5.41) is 9.01. The van der Waals surface area contributed by atoms with Crippen LogP contribution in [0.1, 0.15) is 48.0 Å². The first kappa shape index (κ1) is 23.4. The second kappa shape index (κ2) is 16.5. The van der Waals surface area contributed by atoms with E-state index in [1.165, 1.54) is 5.57 Å². The molecular weight excluding hydrogens is 274 g/mol. The number of likely N-dealkylation sites (N-methyl/N-ethyl adjacent to an activating group) is 2. The predicted molar refractivity (Wildman–Crippen MR) is 99.0 cm³/mol. The normalized spacial score (nSPS) is 12.6. The molecule has 0 amide bonds. The Kier molecular flexibility index (Phi) is 17.6. The molecular formula is C18H39N3O. The average Bonchev–Trinajstić information content (AvgIpc) is 2.54. The maximum atomic E-state index is 9.01. The molecule has 0 rings (SSSR count). The summed E-state index contributed by atoms with van der Waals surface area (Å²) in [6, 6.07) is 0. The van der Waals surface area contributed by atoms with E-state index in [9.17, 15) is 0 Å². The van der Waals surface area contributed by atoms with Gasteiger partial charge in [0.15, 0.2) is 0 Å². The molecule has 0 fully saturated rings. The van der Waals surface area contributed by atoms with Crippen LogP contribution in [0.3, 0.4) is 0 Å². The van der Waals surface area contributed by atoms with Gasteiger partial charge in [-0.15, -0.1) is 0 Å². The van der Waals surface area contributed by atoms with Crippen LogP contribution in [0.25, 0.3) is 0 Å². The van der Waals surface area contributed by atoms with Crippen molar-refractivity contribution in [3.8, 4) is 0 Å². The number of hydrogen-bond donors (Lipinski definition) is 2. The number of nitrogens with zero attached hydrogens (tertiary/aromatic N) is 2. The monoisotopic (exact) mass is 313 g/mol. The van der Waals surface area contributed by atoms with E-state index in [1.54, 1.807) is 0 Å². The third-order valence-electron chi connectivity index (χ3n) is 3.51. The second-order valence-electron chi connectivity index (χ2n) is 5.12. The molecule has 22 heavy (non-hydrogen) atoms. The zero-order chi connectivity index (χ0) is 17.4. The van der Waals surface area contributed by atoms with E-state index in [-0.39, 0.29) is 6.61 Å². The highest BCUT2D eigenvalue weighted by Crippen LogP contribution is 2.05. The van der Waals surface area contributed by atoms with Gasteiger partial charge in [0.2, 0.25) is 0 Å². The van der Waals surface area contributed by atoms with Gasteiger partial charge in [0.05, 0.1) is 6.61 Å². The van der Waals surface area contributed by atoms with Crippen molar-refractivity contribution in [2.24, 2.45) is 5.73 Å². The number of nitrogens with two attached hydrogens (primary N) is 1. The Morgan fingerprint density at radius 2 is 1.50 bits per heavy atom. The lowest BCUT2D eigenvalue weighted by Gasteiger charge is -2.26. The van der Waals surface area contributed by atoms with Crippen molar-refractivity contribution in [1.29, 1.82) is 0 Å². The van der Waals surface area contributed by atoms with E-state index in [0.29, 0.717) is 0 Å². The van der Waals surface area contributed by atoms with Crippen molar-refractivity contribution in [3.63, 3.8) is 0 Å². The Hall–Kier alpha value is -0.840. The van der Waals surface area contributed by atoms with Gasteiger partial charge in [0.1, 0.15) is 0 Å². The van der Waals surface area contributed by atoms with Crippen LogP contribution in [0.5, 0.6) is 0 Å². The summed E-state index contributed by atoms with van der Waals surface area (Å²) in [5.41, 5.74) is 7.93. The van der Waals surface area contributed by atoms with Gasteiger partial charge in [-0.1, -0.05) is 46.3 Å². The largest absolute Gasteiger partial charge is 0.402 e. The quantitative estimate of drug-likeness (QED) is 0.576. The molecule has 0 aromatic carbocycles. The molecule has 132 valence electrons. The molecule has 0 heterocycles. The molecule has 3 N–H and O–H groups in total. The van der Waals surface area contributed by atoms with Gasteiger partial charge in [0, 0.05) is 31.9 Å². The molecule has 0 radical (unpaired) electrons. The Bertz CT molecular complexity index is 297. The van der Waals surface area contributed by atoms with Crippen molar-refractivity contribution in [1.82, 2.24) is 9.80 Å². The number of allylic oxidation sites excluding steroid dienone is 3. The lowest BCUT2D eigenvalue weighted by molar-refractivity contribution is 0.179. The van der Waals surface area contributed by atoms with Gasteiger partial charge in [-0.25, -0.2) is 0 Å². The van der Waals surface area contributed by atoms with Gasteiger partial charge in [-0.05, 0) is 32.5 Å². The second-order valence-corrected chi connectivity index (χ2v) is 5.12. The average molecular weight is 314 g/mol. The van der Waals surface area contributed by atoms with Crippen LogP contribution in [-0.2, 0) is 0 Å². The van der Waals surface area contributed by atoms with Crippen LogP contribution in [-0.4, -0.2) is 60.8 Å². The van der Waals surface area contributed by atoms with Crippen LogP contribution in [0.15, 0.2) is 23.4 Å². The molecule has 0 aliphatic carbocycles. The lowest BCUT2D eigenvalue weighted by Crippen LogP contribution is -2.37. The molecule has 4 nitrogen and oxygen atoms in total. The summed E-state index contributed by atoms with van der Waals surface area (Å²) in [7, 11) is 0. The van der Waals surface area contributed by atoms with Gasteiger partial charge in [0.25, 0.3) is 0 Å². The van der Waals surface area contributed by atoms with Crippen molar-refractivity contribution < 1.29 is 5.11 Å². The minimum absolute atomic E-state index is 0.237. The van der Waals surface area contributed by atoms with Gasteiger partial charge < -0.3 is 15.7 Å². The fraction of sp³-hybridized carbons (Fsp3) is 0.778. The Morgan fingerprint density at radius 1 is 0.955 bits per heavy atom. The van der Waals surface area contributed by atoms with Crippen molar-refractivity contribution in [3.05, 3.63) is 23.4 Å². The van der Waals surface area contributed by atoms with Crippen molar-refractivity contribution in [2.45, 2.75) is 48.0 Å². The molecule has 0 saturated carbocycles. The minimum atomic E-state index is 0.237.